The molecule has 16 heavy (non-hydrogen) atoms. The number of hydrogen-bond donors (Lipinski definition) is 2. The Kier molecular flexibility index (Phi) is 2.82. The molecule has 0 aliphatic rings. The molecular weight excluding hydrogens is 206 g/mol. The molecular formula is C10H13N5O. The second-order valence-electron chi connectivity index (χ2n) is 3.54. The van der Waals surface area contributed by atoms with Crippen molar-refractivity contribution in [2.45, 2.75) is 13.5 Å². The molecule has 0 spiro atoms. The van der Waals surface area contributed by atoms with Crippen molar-refractivity contribution in [3.05, 3.63) is 24.3 Å². The van der Waals surface area contributed by atoms with E-state index in [1.54, 1.807) is 6.33 Å². The molecule has 0 saturated carbocycles. The van der Waals surface area contributed by atoms with E-state index in [9.17, 15) is 0 Å². The highest BCUT2D eigenvalue weighted by Gasteiger charge is 2.06. The first kappa shape index (κ1) is 10.6. The molecule has 0 atom stereocenters. The minimum absolute atomic E-state index is 0.0593. The Hall–Kier alpha value is -1.95. The highest BCUT2D eigenvalue weighted by atomic mass is 16.3. The summed E-state index contributed by atoms with van der Waals surface area (Å²) in [6.07, 6.45) is 4.99. The Morgan fingerprint density at radius 1 is 1.50 bits per heavy atom. The van der Waals surface area contributed by atoms with Crippen molar-refractivity contribution >= 4 is 17.0 Å². The average Bonchev–Trinajstić information content (AvgIpc) is 2.70. The van der Waals surface area contributed by atoms with Crippen LogP contribution in [0.2, 0.25) is 0 Å². The molecule has 3 N–H and O–H groups in total. The maximum absolute atomic E-state index is 8.88. The van der Waals surface area contributed by atoms with Gasteiger partial charge in [-0.05, 0) is 6.92 Å². The number of nitrogens with zero attached hydrogens (tertiary/aromatic N) is 4. The van der Waals surface area contributed by atoms with E-state index in [1.165, 1.54) is 6.33 Å². The van der Waals surface area contributed by atoms with Gasteiger partial charge in [0, 0.05) is 6.54 Å². The van der Waals surface area contributed by atoms with Gasteiger partial charge in [-0.2, -0.15) is 0 Å². The maximum Gasteiger partial charge on any atom is 0.165 e. The predicted octanol–water partition coefficient (Wildman–Crippen LogP) is 0.347. The lowest BCUT2D eigenvalue weighted by atomic mass is 10.3. The number of allylic oxidation sites excluding steroid dienone is 1. The van der Waals surface area contributed by atoms with Gasteiger partial charge < -0.3 is 15.4 Å². The second kappa shape index (κ2) is 4.28. The Labute approximate surface area is 92.5 Å². The Morgan fingerprint density at radius 2 is 2.31 bits per heavy atom. The third kappa shape index (κ3) is 1.87. The lowest BCUT2D eigenvalue weighted by molar-refractivity contribution is 0.330. The fraction of sp³-hybridized carbons (Fsp3) is 0.300. The summed E-state index contributed by atoms with van der Waals surface area (Å²) in [5.74, 6) is 0.381. The molecule has 0 aliphatic heterocycles. The number of aliphatic hydroxyl groups excluding tert-OH is 1. The summed E-state index contributed by atoms with van der Waals surface area (Å²) in [5.41, 5.74) is 7.89. The molecule has 0 aliphatic carbocycles. The number of aromatic nitrogens is 4. The summed E-state index contributed by atoms with van der Waals surface area (Å²) in [6, 6.07) is 0. The molecule has 0 bridgehead atoms. The van der Waals surface area contributed by atoms with Crippen molar-refractivity contribution in [1.82, 2.24) is 19.5 Å². The van der Waals surface area contributed by atoms with E-state index in [4.69, 9.17) is 10.8 Å². The van der Waals surface area contributed by atoms with Crippen LogP contribution in [0.15, 0.2) is 24.3 Å². The molecule has 6 nitrogen and oxygen atoms in total. The monoisotopic (exact) mass is 219 g/mol. The molecule has 0 aromatic carbocycles. The lowest BCUT2D eigenvalue weighted by Gasteiger charge is -2.00. The SMILES string of the molecule is C/C(=C/Cn1cnc2c(N)ncnc21)CO. The molecule has 2 rings (SSSR count). The number of imidazole rings is 1. The van der Waals surface area contributed by atoms with Crippen LogP contribution in [0, 0.1) is 0 Å². The molecule has 84 valence electrons. The van der Waals surface area contributed by atoms with E-state index in [0.717, 1.165) is 5.57 Å². The molecule has 6 heteroatoms. The van der Waals surface area contributed by atoms with Gasteiger partial charge in [-0.1, -0.05) is 11.6 Å². The van der Waals surface area contributed by atoms with Gasteiger partial charge in [0.05, 0.1) is 12.9 Å². The summed E-state index contributed by atoms with van der Waals surface area (Å²) < 4.78 is 1.85. The predicted molar refractivity (Wildman–Crippen MR) is 60.6 cm³/mol. The summed E-state index contributed by atoms with van der Waals surface area (Å²) in [5, 5.41) is 8.88. The number of nitrogen functional groups attached to an aromatic ring is 1. The van der Waals surface area contributed by atoms with Crippen LogP contribution < -0.4 is 5.73 Å². The lowest BCUT2D eigenvalue weighted by Crippen LogP contribution is -1.98. The van der Waals surface area contributed by atoms with Crippen molar-refractivity contribution in [3.63, 3.8) is 0 Å². The molecule has 2 aromatic rings. The number of aliphatic hydroxyl groups is 1. The van der Waals surface area contributed by atoms with Crippen molar-refractivity contribution in [1.29, 1.82) is 0 Å². The van der Waals surface area contributed by atoms with E-state index in [1.807, 2.05) is 17.6 Å². The minimum Gasteiger partial charge on any atom is -0.392 e. The van der Waals surface area contributed by atoms with Crippen LogP contribution in [0.5, 0.6) is 0 Å². The summed E-state index contributed by atoms with van der Waals surface area (Å²) >= 11 is 0. The van der Waals surface area contributed by atoms with Crippen LogP contribution in [0.25, 0.3) is 11.2 Å². The Bertz CT molecular complexity index is 531. The van der Waals surface area contributed by atoms with E-state index in [0.29, 0.717) is 23.5 Å². The molecule has 0 amide bonds. The van der Waals surface area contributed by atoms with E-state index in [2.05, 4.69) is 15.0 Å². The number of nitrogens with two attached hydrogens (primary N) is 1. The van der Waals surface area contributed by atoms with Crippen LogP contribution in [0.4, 0.5) is 5.82 Å². The van der Waals surface area contributed by atoms with Gasteiger partial charge in [0.25, 0.3) is 0 Å². The molecule has 0 fully saturated rings. The topological polar surface area (TPSA) is 89.9 Å². The molecule has 0 unspecified atom stereocenters. The van der Waals surface area contributed by atoms with Gasteiger partial charge in [-0.15, -0.1) is 0 Å². The van der Waals surface area contributed by atoms with Crippen molar-refractivity contribution in [3.8, 4) is 0 Å². The van der Waals surface area contributed by atoms with Crippen LogP contribution in [-0.2, 0) is 6.54 Å². The molecule has 2 heterocycles. The van der Waals surface area contributed by atoms with Gasteiger partial charge in [-0.25, -0.2) is 15.0 Å². The first-order valence-corrected chi connectivity index (χ1v) is 4.90. The normalized spacial score (nSPS) is 12.2. The largest absolute Gasteiger partial charge is 0.392 e. The molecule has 0 saturated heterocycles. The first-order chi connectivity index (χ1) is 7.72. The number of rotatable bonds is 3. The number of fused-ring (bicyclic) bond motifs is 1. The van der Waals surface area contributed by atoms with Crippen molar-refractivity contribution < 1.29 is 5.11 Å². The fourth-order valence-electron chi connectivity index (χ4n) is 1.35. The van der Waals surface area contributed by atoms with E-state index in [-0.39, 0.29) is 6.61 Å². The Morgan fingerprint density at radius 3 is 3.06 bits per heavy atom. The molecule has 0 radical (unpaired) electrons. The fourth-order valence-corrected chi connectivity index (χ4v) is 1.35. The zero-order chi connectivity index (χ0) is 11.5. The van der Waals surface area contributed by atoms with Gasteiger partial charge in [0.1, 0.15) is 11.8 Å². The highest BCUT2D eigenvalue weighted by molar-refractivity contribution is 5.81. The van der Waals surface area contributed by atoms with E-state index >= 15 is 0 Å². The van der Waals surface area contributed by atoms with Crippen LogP contribution in [-0.4, -0.2) is 31.2 Å². The van der Waals surface area contributed by atoms with Gasteiger partial charge in [-0.3, -0.25) is 0 Å². The van der Waals surface area contributed by atoms with Crippen LogP contribution in [0.1, 0.15) is 6.92 Å². The minimum atomic E-state index is 0.0593. The zero-order valence-electron chi connectivity index (χ0n) is 8.96. The van der Waals surface area contributed by atoms with Gasteiger partial charge >= 0.3 is 0 Å². The molecule has 2 aromatic heterocycles. The van der Waals surface area contributed by atoms with Crippen LogP contribution in [0.3, 0.4) is 0 Å². The van der Waals surface area contributed by atoms with Crippen molar-refractivity contribution in [2.75, 3.05) is 12.3 Å². The third-order valence-electron chi connectivity index (χ3n) is 2.32. The van der Waals surface area contributed by atoms with Gasteiger partial charge in [0.15, 0.2) is 11.5 Å². The third-order valence-corrected chi connectivity index (χ3v) is 2.32. The van der Waals surface area contributed by atoms with Gasteiger partial charge in [0.2, 0.25) is 0 Å². The summed E-state index contributed by atoms with van der Waals surface area (Å²) in [7, 11) is 0. The smallest absolute Gasteiger partial charge is 0.165 e. The zero-order valence-corrected chi connectivity index (χ0v) is 8.96. The average molecular weight is 219 g/mol. The Balaban J connectivity index is 2.36. The van der Waals surface area contributed by atoms with E-state index < -0.39 is 0 Å². The summed E-state index contributed by atoms with van der Waals surface area (Å²) in [4.78, 5) is 12.1. The van der Waals surface area contributed by atoms with Crippen molar-refractivity contribution in [2.24, 2.45) is 0 Å². The number of anilines is 1. The number of hydrogen-bond acceptors (Lipinski definition) is 5. The highest BCUT2D eigenvalue weighted by Crippen LogP contribution is 2.14. The van der Waals surface area contributed by atoms with Crippen LogP contribution >= 0.6 is 0 Å². The first-order valence-electron chi connectivity index (χ1n) is 4.90. The quantitative estimate of drug-likeness (QED) is 0.727. The second-order valence-corrected chi connectivity index (χ2v) is 3.54. The maximum atomic E-state index is 8.88. The summed E-state index contributed by atoms with van der Waals surface area (Å²) in [6.45, 7) is 2.53. The standard InChI is InChI=1S/C10H13N5O/c1-7(4-16)2-3-15-6-14-8-9(11)12-5-13-10(8)15/h2,5-6,16H,3-4H2,1H3,(H2,11,12,13)/b7-2-.